The average molecular weight is 383 g/mol. The molecular weight excluding hydrogens is 356 g/mol. The maximum atomic E-state index is 6.56. The van der Waals surface area contributed by atoms with Crippen LogP contribution in [0.15, 0.2) is 71.8 Å². The maximum absolute atomic E-state index is 6.56. The van der Waals surface area contributed by atoms with E-state index in [0.29, 0.717) is 5.92 Å². The second-order valence-electron chi connectivity index (χ2n) is 8.65. The van der Waals surface area contributed by atoms with E-state index >= 15 is 0 Å². The number of benzene rings is 3. The van der Waals surface area contributed by atoms with Crippen molar-refractivity contribution in [2.24, 2.45) is 11.0 Å². The second kappa shape index (κ2) is 6.91. The van der Waals surface area contributed by atoms with Crippen LogP contribution in [-0.4, -0.2) is 16.9 Å². The summed E-state index contributed by atoms with van der Waals surface area (Å²) in [6.07, 6.45) is 7.48. The number of nitrogens with zero attached hydrogens (tertiary/aromatic N) is 2. The zero-order chi connectivity index (χ0) is 19.2. The molecule has 0 bridgehead atoms. The summed E-state index contributed by atoms with van der Waals surface area (Å²) in [5.41, 5.74) is 3.69. The molecule has 0 radical (unpaired) electrons. The van der Waals surface area contributed by atoms with Gasteiger partial charge in [-0.15, -0.1) is 0 Å². The van der Waals surface area contributed by atoms with Crippen LogP contribution in [0.5, 0.6) is 5.75 Å². The normalized spacial score (nSPS) is 24.0. The number of hydrazone groups is 1. The van der Waals surface area contributed by atoms with Gasteiger partial charge < -0.3 is 4.74 Å². The van der Waals surface area contributed by atoms with Crippen molar-refractivity contribution in [1.29, 1.82) is 0 Å². The topological polar surface area (TPSA) is 24.8 Å². The highest BCUT2D eigenvalue weighted by atomic mass is 16.5. The van der Waals surface area contributed by atoms with Gasteiger partial charge in [-0.25, -0.2) is 5.01 Å². The lowest BCUT2D eigenvalue weighted by molar-refractivity contribution is -0.0643. The quantitative estimate of drug-likeness (QED) is 0.520. The minimum atomic E-state index is 0.0631. The monoisotopic (exact) mass is 382 g/mol. The van der Waals surface area contributed by atoms with Crippen LogP contribution >= 0.6 is 0 Å². The van der Waals surface area contributed by atoms with Crippen LogP contribution in [0.2, 0.25) is 0 Å². The molecule has 1 saturated carbocycles. The van der Waals surface area contributed by atoms with Gasteiger partial charge in [0.15, 0.2) is 6.23 Å². The van der Waals surface area contributed by atoms with E-state index in [0.717, 1.165) is 12.2 Å². The van der Waals surface area contributed by atoms with Crippen molar-refractivity contribution < 1.29 is 4.74 Å². The molecule has 146 valence electrons. The van der Waals surface area contributed by atoms with Gasteiger partial charge in [-0.2, -0.15) is 5.10 Å². The number of hydrogen-bond acceptors (Lipinski definition) is 3. The van der Waals surface area contributed by atoms with Gasteiger partial charge in [-0.1, -0.05) is 73.9 Å². The molecule has 1 fully saturated rings. The zero-order valence-corrected chi connectivity index (χ0v) is 16.6. The van der Waals surface area contributed by atoms with Crippen LogP contribution in [0.4, 0.5) is 0 Å². The maximum Gasteiger partial charge on any atom is 0.190 e. The Morgan fingerprint density at radius 1 is 0.828 bits per heavy atom. The Labute approximate surface area is 172 Å². The Balaban J connectivity index is 1.40. The van der Waals surface area contributed by atoms with Crippen molar-refractivity contribution in [2.45, 2.75) is 50.8 Å². The lowest BCUT2D eigenvalue weighted by atomic mass is 9.86. The first-order chi connectivity index (χ1) is 14.4. The fraction of sp³-hybridized carbons (Fsp3) is 0.346. The largest absolute Gasteiger partial charge is 0.468 e. The number of fused-ring (bicyclic) bond motifs is 4. The summed E-state index contributed by atoms with van der Waals surface area (Å²) in [4.78, 5) is 0. The van der Waals surface area contributed by atoms with E-state index in [-0.39, 0.29) is 12.3 Å². The molecular formula is C26H26N2O. The van der Waals surface area contributed by atoms with Gasteiger partial charge in [0.2, 0.25) is 0 Å². The molecule has 3 nitrogen and oxygen atoms in total. The SMILES string of the molecule is c1ccc2c(c1)OC(C1CCCCC1)N1N=C(c3ccc4ccccc4c3)CC21. The van der Waals surface area contributed by atoms with Gasteiger partial charge >= 0.3 is 0 Å². The van der Waals surface area contributed by atoms with E-state index < -0.39 is 0 Å². The highest BCUT2D eigenvalue weighted by Crippen LogP contribution is 2.46. The standard InChI is InChI=1S/C26H26N2O/c1-2-9-19(10-3-1)26-28-24(22-12-6-7-13-25(22)29-26)17-23(27-28)21-15-14-18-8-4-5-11-20(18)16-21/h4-8,11-16,19,24,26H,1-3,9-10,17H2. The summed E-state index contributed by atoms with van der Waals surface area (Å²) < 4.78 is 6.56. The molecule has 29 heavy (non-hydrogen) atoms. The molecule has 3 heteroatoms. The first kappa shape index (κ1) is 17.1. The van der Waals surface area contributed by atoms with Crippen LogP contribution < -0.4 is 4.74 Å². The number of rotatable bonds is 2. The summed E-state index contributed by atoms with van der Waals surface area (Å²) in [6.45, 7) is 0. The third-order valence-electron chi connectivity index (χ3n) is 6.86. The molecule has 0 saturated heterocycles. The number of ether oxygens (including phenoxy) is 1. The predicted molar refractivity (Wildman–Crippen MR) is 117 cm³/mol. The molecule has 2 unspecified atom stereocenters. The van der Waals surface area contributed by atoms with Gasteiger partial charge in [-0.3, -0.25) is 0 Å². The van der Waals surface area contributed by atoms with Crippen LogP contribution in [0.25, 0.3) is 10.8 Å². The smallest absolute Gasteiger partial charge is 0.190 e. The van der Waals surface area contributed by atoms with Gasteiger partial charge in [0.25, 0.3) is 0 Å². The van der Waals surface area contributed by atoms with E-state index in [1.54, 1.807) is 0 Å². The minimum absolute atomic E-state index is 0.0631. The Morgan fingerprint density at radius 3 is 2.52 bits per heavy atom. The molecule has 3 aromatic carbocycles. The molecule has 6 rings (SSSR count). The average Bonchev–Trinajstić information content (AvgIpc) is 3.25. The van der Waals surface area contributed by atoms with E-state index in [4.69, 9.17) is 9.84 Å². The fourth-order valence-electron chi connectivity index (χ4n) is 5.34. The zero-order valence-electron chi connectivity index (χ0n) is 16.6. The third kappa shape index (κ3) is 2.91. The molecule has 2 aliphatic heterocycles. The molecule has 0 aromatic heterocycles. The van der Waals surface area contributed by atoms with Crippen LogP contribution in [0.3, 0.4) is 0 Å². The van der Waals surface area contributed by atoms with Crippen LogP contribution in [0.1, 0.15) is 55.7 Å². The summed E-state index contributed by atoms with van der Waals surface area (Å²) in [7, 11) is 0. The Morgan fingerprint density at radius 2 is 1.62 bits per heavy atom. The predicted octanol–water partition coefficient (Wildman–Crippen LogP) is 6.29. The number of para-hydroxylation sites is 1. The first-order valence-corrected chi connectivity index (χ1v) is 11.0. The highest BCUT2D eigenvalue weighted by Gasteiger charge is 2.43. The summed E-state index contributed by atoms with van der Waals surface area (Å²) in [5, 5.41) is 10.0. The second-order valence-corrected chi connectivity index (χ2v) is 8.65. The first-order valence-electron chi connectivity index (χ1n) is 11.0. The molecule has 2 atom stereocenters. The molecule has 0 N–H and O–H groups in total. The van der Waals surface area contributed by atoms with Crippen molar-refractivity contribution >= 4 is 16.5 Å². The lowest BCUT2D eigenvalue weighted by Gasteiger charge is -2.42. The molecule has 1 aliphatic carbocycles. The Hall–Kier alpha value is -2.81. The molecule has 3 aliphatic rings. The molecule has 0 spiro atoms. The molecule has 0 amide bonds. The van der Waals surface area contributed by atoms with Crippen LogP contribution in [-0.2, 0) is 0 Å². The fourth-order valence-corrected chi connectivity index (χ4v) is 5.34. The van der Waals surface area contributed by atoms with Crippen molar-refractivity contribution in [3.05, 3.63) is 77.9 Å². The van der Waals surface area contributed by atoms with Gasteiger partial charge in [0.05, 0.1) is 11.8 Å². The van der Waals surface area contributed by atoms with Crippen LogP contribution in [0, 0.1) is 5.92 Å². The van der Waals surface area contributed by atoms with Crippen molar-refractivity contribution in [1.82, 2.24) is 5.01 Å². The minimum Gasteiger partial charge on any atom is -0.468 e. The Bertz CT molecular complexity index is 1080. The van der Waals surface area contributed by atoms with E-state index in [1.807, 2.05) is 0 Å². The summed E-state index contributed by atoms with van der Waals surface area (Å²) in [5.74, 6) is 1.62. The number of hydrogen-bond donors (Lipinski definition) is 0. The van der Waals surface area contributed by atoms with E-state index in [1.165, 1.54) is 59.7 Å². The summed E-state index contributed by atoms with van der Waals surface area (Å²) in [6, 6.07) is 24.1. The van der Waals surface area contributed by atoms with Gasteiger partial charge in [-0.05, 0) is 41.3 Å². The lowest BCUT2D eigenvalue weighted by Crippen LogP contribution is -2.45. The van der Waals surface area contributed by atoms with Crippen molar-refractivity contribution in [3.63, 3.8) is 0 Å². The molecule has 3 aromatic rings. The van der Waals surface area contributed by atoms with E-state index in [9.17, 15) is 0 Å². The molecule has 2 heterocycles. The van der Waals surface area contributed by atoms with Gasteiger partial charge in [0.1, 0.15) is 5.75 Å². The van der Waals surface area contributed by atoms with Crippen molar-refractivity contribution in [3.8, 4) is 5.75 Å². The van der Waals surface area contributed by atoms with Crippen molar-refractivity contribution in [2.75, 3.05) is 0 Å². The highest BCUT2D eigenvalue weighted by molar-refractivity contribution is 6.04. The third-order valence-corrected chi connectivity index (χ3v) is 6.86. The summed E-state index contributed by atoms with van der Waals surface area (Å²) >= 11 is 0. The Kier molecular flexibility index (Phi) is 4.07. The van der Waals surface area contributed by atoms with E-state index in [2.05, 4.69) is 71.7 Å². The van der Waals surface area contributed by atoms with Gasteiger partial charge in [0, 0.05) is 17.9 Å².